The molecule has 1 aliphatic heterocycles. The highest BCUT2D eigenvalue weighted by atomic mass is 35.5. The van der Waals surface area contributed by atoms with Crippen molar-refractivity contribution in [3.8, 4) is 0 Å². The molecule has 3 aromatic rings. The first-order valence-electron chi connectivity index (χ1n) is 11.0. The molecule has 6 atom stereocenters. The molecule has 1 aromatic carbocycles. The number of imidazole rings is 1. The summed E-state index contributed by atoms with van der Waals surface area (Å²) in [6, 6.07) is 5.66. The summed E-state index contributed by atoms with van der Waals surface area (Å²) in [5.41, 5.74) is 0.565. The number of fused-ring (bicyclic) bond motifs is 1. The van der Waals surface area contributed by atoms with Crippen molar-refractivity contribution in [2.45, 2.75) is 37.5 Å². The number of aliphatic hydroxyl groups is 2. The van der Waals surface area contributed by atoms with Crippen LogP contribution in [0.1, 0.15) is 18.5 Å². The lowest BCUT2D eigenvalue weighted by Crippen LogP contribution is -2.37. The number of anilines is 2. The highest BCUT2D eigenvalue weighted by Gasteiger charge is 2.44. The number of halogens is 2. The van der Waals surface area contributed by atoms with Crippen molar-refractivity contribution >= 4 is 44.1 Å². The SMILES string of the molecule is C[C@H](Nc1nc(Cl)nn2c(N[C@@H]3O[C@H](COP(=O)(O)CP(=O)(O)O)[C@@H](O)[C@H]3O)cnc12)c1ccccc1F. The minimum atomic E-state index is -4.85. The lowest BCUT2D eigenvalue weighted by molar-refractivity contribution is -0.0110. The van der Waals surface area contributed by atoms with Gasteiger partial charge in [-0.15, -0.1) is 5.10 Å². The molecule has 19 heteroatoms. The molecular weight excluding hydrogens is 573 g/mol. The fourth-order valence-corrected chi connectivity index (χ4v) is 6.50. The standard InChI is InChI=1S/C19H24ClFN6O9P2/c1-9(10-4-2-3-5-11(10)21)23-16-17-22-6-13(27(17)26-19(20)25-16)24-18-15(29)14(28)12(36-18)7-35-38(33,34)8-37(30,31)32/h2-6,9,12,14-15,18,24,28-29H,7-8H2,1H3,(H,33,34)(H,23,25,26)(H2,30,31,32)/t9-,12+,14+,15+,18+/m0/s1. The normalized spacial score (nSPS) is 24.3. The van der Waals surface area contributed by atoms with Crippen LogP contribution in [-0.2, 0) is 18.4 Å². The van der Waals surface area contributed by atoms with Crippen LogP contribution in [0.2, 0.25) is 5.28 Å². The third-order valence-electron chi connectivity index (χ3n) is 5.52. The van der Waals surface area contributed by atoms with E-state index in [1.165, 1.54) is 16.8 Å². The second kappa shape index (κ2) is 11.1. The zero-order valence-corrected chi connectivity index (χ0v) is 22.0. The Hall–Kier alpha value is -2.23. The summed E-state index contributed by atoms with van der Waals surface area (Å²) in [4.78, 5) is 35.7. The van der Waals surface area contributed by atoms with E-state index >= 15 is 0 Å². The minimum Gasteiger partial charge on any atom is -0.387 e. The first kappa shape index (κ1) is 28.8. The van der Waals surface area contributed by atoms with E-state index in [0.29, 0.717) is 5.56 Å². The quantitative estimate of drug-likeness (QED) is 0.164. The van der Waals surface area contributed by atoms with Crippen molar-refractivity contribution in [2.24, 2.45) is 0 Å². The van der Waals surface area contributed by atoms with Crippen LogP contribution in [0, 0.1) is 5.82 Å². The maximum absolute atomic E-state index is 14.2. The van der Waals surface area contributed by atoms with E-state index in [0.717, 1.165) is 0 Å². The number of ether oxygens (including phenoxy) is 1. The van der Waals surface area contributed by atoms with Gasteiger partial charge < -0.3 is 44.8 Å². The van der Waals surface area contributed by atoms with E-state index in [1.807, 2.05) is 0 Å². The number of aliphatic hydroxyl groups excluding tert-OH is 2. The van der Waals surface area contributed by atoms with Crippen LogP contribution in [0.5, 0.6) is 0 Å². The van der Waals surface area contributed by atoms with Gasteiger partial charge in [-0.3, -0.25) is 9.13 Å². The van der Waals surface area contributed by atoms with Crippen LogP contribution >= 0.6 is 26.8 Å². The fourth-order valence-electron chi connectivity index (χ4n) is 3.77. The lowest BCUT2D eigenvalue weighted by atomic mass is 10.1. The smallest absolute Gasteiger partial charge is 0.340 e. The molecule has 2 aromatic heterocycles. The van der Waals surface area contributed by atoms with Gasteiger partial charge in [0.05, 0.1) is 18.8 Å². The molecule has 0 amide bonds. The van der Waals surface area contributed by atoms with Gasteiger partial charge in [0.15, 0.2) is 29.4 Å². The van der Waals surface area contributed by atoms with Gasteiger partial charge in [0.25, 0.3) is 0 Å². The second-order valence-corrected chi connectivity index (χ2v) is 12.8. The van der Waals surface area contributed by atoms with E-state index in [1.54, 1.807) is 25.1 Å². The molecule has 1 aliphatic rings. The topological polar surface area (TPSA) is 221 Å². The largest absolute Gasteiger partial charge is 0.387 e. The van der Waals surface area contributed by atoms with Crippen LogP contribution < -0.4 is 10.6 Å². The molecule has 4 rings (SSSR count). The molecule has 1 saturated heterocycles. The maximum Gasteiger partial charge on any atom is 0.340 e. The van der Waals surface area contributed by atoms with E-state index in [-0.39, 0.29) is 22.6 Å². The summed E-state index contributed by atoms with van der Waals surface area (Å²) >= 11 is 6.08. The first-order chi connectivity index (χ1) is 17.7. The number of hydrogen-bond donors (Lipinski definition) is 7. The van der Waals surface area contributed by atoms with Crippen molar-refractivity contribution in [1.29, 1.82) is 0 Å². The summed E-state index contributed by atoms with van der Waals surface area (Å²) in [6.45, 7) is 0.970. The van der Waals surface area contributed by atoms with Crippen LogP contribution in [-0.4, -0.2) is 81.5 Å². The molecule has 1 unspecified atom stereocenters. The van der Waals surface area contributed by atoms with Gasteiger partial charge in [-0.25, -0.2) is 9.37 Å². The highest BCUT2D eigenvalue weighted by Crippen LogP contribution is 2.55. The summed E-state index contributed by atoms with van der Waals surface area (Å²) in [6.07, 6.45) is -4.42. The molecule has 0 spiro atoms. The summed E-state index contributed by atoms with van der Waals surface area (Å²) in [5, 5.41) is 30.4. The van der Waals surface area contributed by atoms with Crippen molar-refractivity contribution < 1.29 is 47.7 Å². The van der Waals surface area contributed by atoms with Crippen LogP contribution in [0.25, 0.3) is 5.65 Å². The number of rotatable bonds is 10. The van der Waals surface area contributed by atoms with Gasteiger partial charge in [-0.05, 0) is 24.6 Å². The molecular formula is C19H24ClFN6O9P2. The average molecular weight is 597 g/mol. The Morgan fingerprint density at radius 2 is 1.95 bits per heavy atom. The lowest BCUT2D eigenvalue weighted by Gasteiger charge is -2.18. The molecule has 0 aliphatic carbocycles. The van der Waals surface area contributed by atoms with E-state index in [9.17, 15) is 28.6 Å². The molecule has 15 nitrogen and oxygen atoms in total. The fraction of sp³-hybridized carbons (Fsp3) is 0.421. The van der Waals surface area contributed by atoms with Gasteiger partial charge in [0, 0.05) is 5.56 Å². The molecule has 0 radical (unpaired) electrons. The zero-order chi connectivity index (χ0) is 27.8. The minimum absolute atomic E-state index is 0.151. The number of benzene rings is 1. The average Bonchev–Trinajstić information content (AvgIpc) is 3.32. The van der Waals surface area contributed by atoms with E-state index in [2.05, 4.69) is 30.2 Å². The Morgan fingerprint density at radius 3 is 2.63 bits per heavy atom. The Bertz CT molecular complexity index is 1410. The van der Waals surface area contributed by atoms with Crippen molar-refractivity contribution in [1.82, 2.24) is 19.6 Å². The Morgan fingerprint density at radius 1 is 1.24 bits per heavy atom. The van der Waals surface area contributed by atoms with Gasteiger partial charge in [-0.2, -0.15) is 9.50 Å². The number of hydrogen-bond acceptors (Lipinski definition) is 11. The monoisotopic (exact) mass is 596 g/mol. The second-order valence-electron chi connectivity index (χ2n) is 8.46. The predicted molar refractivity (Wildman–Crippen MR) is 131 cm³/mol. The van der Waals surface area contributed by atoms with Crippen LogP contribution in [0.15, 0.2) is 30.5 Å². The van der Waals surface area contributed by atoms with Crippen molar-refractivity contribution in [3.05, 3.63) is 47.1 Å². The van der Waals surface area contributed by atoms with Gasteiger partial charge in [-0.1, -0.05) is 18.2 Å². The number of aromatic nitrogens is 4. The third kappa shape index (κ3) is 6.66. The molecule has 38 heavy (non-hydrogen) atoms. The van der Waals surface area contributed by atoms with Crippen LogP contribution in [0.3, 0.4) is 0 Å². The maximum atomic E-state index is 14.2. The summed E-state index contributed by atoms with van der Waals surface area (Å²) < 4.78 is 48.5. The number of nitrogens with one attached hydrogen (secondary N) is 2. The van der Waals surface area contributed by atoms with Crippen molar-refractivity contribution in [2.75, 3.05) is 23.1 Å². The molecule has 1 fully saturated rings. The third-order valence-corrected chi connectivity index (χ3v) is 9.13. The Labute approximate surface area is 219 Å². The predicted octanol–water partition coefficient (Wildman–Crippen LogP) is 1.29. The molecule has 208 valence electrons. The molecule has 0 saturated carbocycles. The van der Waals surface area contributed by atoms with E-state index < -0.39 is 64.1 Å². The van der Waals surface area contributed by atoms with E-state index in [4.69, 9.17) is 26.1 Å². The zero-order valence-electron chi connectivity index (χ0n) is 19.5. The molecule has 3 heterocycles. The molecule has 7 N–H and O–H groups in total. The van der Waals surface area contributed by atoms with Gasteiger partial charge in [0.1, 0.15) is 24.1 Å². The Balaban J connectivity index is 1.49. The van der Waals surface area contributed by atoms with Gasteiger partial charge >= 0.3 is 15.2 Å². The summed E-state index contributed by atoms with van der Waals surface area (Å²) in [5.74, 6) is -1.51. The Kier molecular flexibility index (Phi) is 8.40. The summed E-state index contributed by atoms with van der Waals surface area (Å²) in [7, 11) is -9.55. The first-order valence-corrected chi connectivity index (χ1v) is 14.9. The molecule has 0 bridgehead atoms. The number of nitrogens with zero attached hydrogens (tertiary/aromatic N) is 4. The van der Waals surface area contributed by atoms with Gasteiger partial charge in [0.2, 0.25) is 5.28 Å². The van der Waals surface area contributed by atoms with Crippen LogP contribution in [0.4, 0.5) is 16.0 Å². The van der Waals surface area contributed by atoms with Crippen molar-refractivity contribution in [3.63, 3.8) is 0 Å². The highest BCUT2D eigenvalue weighted by molar-refractivity contribution is 7.70.